The molecule has 25 heavy (non-hydrogen) atoms. The van der Waals surface area contributed by atoms with Gasteiger partial charge in [-0.1, -0.05) is 12.1 Å². The maximum atomic E-state index is 5.97. The van der Waals surface area contributed by atoms with Gasteiger partial charge in [0.1, 0.15) is 6.61 Å². The topological polar surface area (TPSA) is 46.6 Å². The largest absolute Gasteiger partial charge is 0.493 e. The maximum absolute atomic E-state index is 5.97. The van der Waals surface area contributed by atoms with Crippen LogP contribution < -0.4 is 14.8 Å². The third-order valence-corrected chi connectivity index (χ3v) is 4.20. The van der Waals surface area contributed by atoms with Crippen molar-refractivity contribution in [2.24, 2.45) is 0 Å². The van der Waals surface area contributed by atoms with Crippen molar-refractivity contribution in [3.63, 3.8) is 0 Å². The smallest absolute Gasteiger partial charge is 0.161 e. The van der Waals surface area contributed by atoms with Gasteiger partial charge in [-0.25, -0.2) is 0 Å². The summed E-state index contributed by atoms with van der Waals surface area (Å²) in [6.45, 7) is 6.82. The number of hydrogen-bond acceptors (Lipinski definition) is 5. The molecule has 1 aromatic carbocycles. The second-order valence-corrected chi connectivity index (χ2v) is 6.23. The van der Waals surface area contributed by atoms with Crippen molar-refractivity contribution in [3.8, 4) is 11.5 Å². The molecule has 1 atom stereocenters. The summed E-state index contributed by atoms with van der Waals surface area (Å²) in [6.07, 6.45) is 3.58. The molecular formula is C19H26ClN3O2. The molecule has 0 spiro atoms. The summed E-state index contributed by atoms with van der Waals surface area (Å²) < 4.78 is 11.4. The van der Waals surface area contributed by atoms with E-state index in [4.69, 9.17) is 9.47 Å². The summed E-state index contributed by atoms with van der Waals surface area (Å²) in [6, 6.07) is 10.6. The summed E-state index contributed by atoms with van der Waals surface area (Å²) in [5, 5.41) is 3.47. The van der Waals surface area contributed by atoms with Gasteiger partial charge in [-0.05, 0) is 30.7 Å². The molecule has 2 aromatic rings. The SMILES string of the molecule is COc1ccc(CN2CCNC(C)C2)cc1OCc1cccnc1.Cl. The molecule has 2 heterocycles. The molecule has 0 amide bonds. The number of halogens is 1. The van der Waals surface area contributed by atoms with Crippen LogP contribution in [-0.2, 0) is 13.2 Å². The number of piperazine rings is 1. The van der Waals surface area contributed by atoms with Crippen molar-refractivity contribution in [3.05, 3.63) is 53.9 Å². The third kappa shape index (κ3) is 5.59. The molecule has 1 aliphatic heterocycles. The molecule has 136 valence electrons. The van der Waals surface area contributed by atoms with Crippen molar-refractivity contribution in [2.45, 2.75) is 26.1 Å². The number of nitrogens with one attached hydrogen (secondary N) is 1. The summed E-state index contributed by atoms with van der Waals surface area (Å²) in [5.41, 5.74) is 2.28. The average molecular weight is 364 g/mol. The van der Waals surface area contributed by atoms with E-state index in [2.05, 4.69) is 34.3 Å². The molecule has 5 nitrogen and oxygen atoms in total. The molecule has 1 unspecified atom stereocenters. The zero-order chi connectivity index (χ0) is 16.8. The maximum Gasteiger partial charge on any atom is 0.161 e. The molecule has 3 rings (SSSR count). The Morgan fingerprint density at radius 2 is 2.12 bits per heavy atom. The summed E-state index contributed by atoms with van der Waals surface area (Å²) >= 11 is 0. The van der Waals surface area contributed by atoms with Gasteiger partial charge < -0.3 is 14.8 Å². The molecule has 1 N–H and O–H groups in total. The summed E-state index contributed by atoms with van der Waals surface area (Å²) in [5.74, 6) is 1.54. The van der Waals surface area contributed by atoms with Gasteiger partial charge in [0.25, 0.3) is 0 Å². The van der Waals surface area contributed by atoms with Crippen molar-refractivity contribution < 1.29 is 9.47 Å². The second kappa shape index (κ2) is 9.61. The number of hydrogen-bond donors (Lipinski definition) is 1. The lowest BCUT2D eigenvalue weighted by Crippen LogP contribution is -2.48. The van der Waals surface area contributed by atoms with E-state index < -0.39 is 0 Å². The van der Waals surface area contributed by atoms with Crippen LogP contribution in [0.1, 0.15) is 18.1 Å². The molecule has 0 aliphatic carbocycles. The molecule has 0 bridgehead atoms. The summed E-state index contributed by atoms with van der Waals surface area (Å²) in [4.78, 5) is 6.58. The van der Waals surface area contributed by atoms with E-state index in [0.29, 0.717) is 12.6 Å². The molecule has 0 saturated carbocycles. The monoisotopic (exact) mass is 363 g/mol. The van der Waals surface area contributed by atoms with Gasteiger partial charge in [0.2, 0.25) is 0 Å². The van der Waals surface area contributed by atoms with Crippen LogP contribution in [0.4, 0.5) is 0 Å². The Bertz CT molecular complexity index is 654. The quantitative estimate of drug-likeness (QED) is 0.855. The molecule has 6 heteroatoms. The molecule has 0 radical (unpaired) electrons. The van der Waals surface area contributed by atoms with Gasteiger partial charge >= 0.3 is 0 Å². The zero-order valence-corrected chi connectivity index (χ0v) is 15.6. The van der Waals surface area contributed by atoms with Gasteiger partial charge in [-0.15, -0.1) is 12.4 Å². The molecule has 1 saturated heterocycles. The Kier molecular flexibility index (Phi) is 7.50. The molecule has 1 fully saturated rings. The minimum Gasteiger partial charge on any atom is -0.493 e. The van der Waals surface area contributed by atoms with Crippen LogP contribution in [0.15, 0.2) is 42.7 Å². The first-order valence-corrected chi connectivity index (χ1v) is 8.39. The van der Waals surface area contributed by atoms with Gasteiger partial charge in [0.15, 0.2) is 11.5 Å². The normalized spacial score (nSPS) is 17.6. The minimum atomic E-state index is 0. The van der Waals surface area contributed by atoms with Crippen molar-refractivity contribution in [2.75, 3.05) is 26.7 Å². The van der Waals surface area contributed by atoms with Crippen LogP contribution in [-0.4, -0.2) is 42.7 Å². The van der Waals surface area contributed by atoms with E-state index >= 15 is 0 Å². The first kappa shape index (κ1) is 19.5. The summed E-state index contributed by atoms with van der Waals surface area (Å²) in [7, 11) is 1.67. The van der Waals surface area contributed by atoms with Crippen LogP contribution in [0.2, 0.25) is 0 Å². The van der Waals surface area contributed by atoms with Crippen LogP contribution in [0.3, 0.4) is 0 Å². The third-order valence-electron chi connectivity index (χ3n) is 4.20. The van der Waals surface area contributed by atoms with Crippen molar-refractivity contribution in [1.82, 2.24) is 15.2 Å². The Morgan fingerprint density at radius 3 is 2.84 bits per heavy atom. The fraction of sp³-hybridized carbons (Fsp3) is 0.421. The lowest BCUT2D eigenvalue weighted by atomic mass is 10.1. The Balaban J connectivity index is 0.00000225. The lowest BCUT2D eigenvalue weighted by molar-refractivity contribution is 0.199. The minimum absolute atomic E-state index is 0. The number of rotatable bonds is 6. The van der Waals surface area contributed by atoms with E-state index in [1.165, 1.54) is 5.56 Å². The standard InChI is InChI=1S/C19H25N3O2.ClH/c1-15-12-22(9-8-21-15)13-16-5-6-18(23-2)19(10-16)24-14-17-4-3-7-20-11-17;/h3-7,10-11,15,21H,8-9,12-14H2,1-2H3;1H. The molecular weight excluding hydrogens is 338 g/mol. The fourth-order valence-electron chi connectivity index (χ4n) is 2.99. The predicted octanol–water partition coefficient (Wildman–Crippen LogP) is 2.88. The highest BCUT2D eigenvalue weighted by atomic mass is 35.5. The van der Waals surface area contributed by atoms with Gasteiger partial charge in [0, 0.05) is 50.2 Å². The molecule has 1 aromatic heterocycles. The number of pyridine rings is 1. The predicted molar refractivity (Wildman–Crippen MR) is 102 cm³/mol. The second-order valence-electron chi connectivity index (χ2n) is 6.23. The van der Waals surface area contributed by atoms with Crippen LogP contribution in [0, 0.1) is 0 Å². The zero-order valence-electron chi connectivity index (χ0n) is 14.8. The van der Waals surface area contributed by atoms with E-state index in [-0.39, 0.29) is 12.4 Å². The Labute approximate surface area is 155 Å². The Hall–Kier alpha value is -1.82. The highest BCUT2D eigenvalue weighted by molar-refractivity contribution is 5.85. The number of benzene rings is 1. The van der Waals surface area contributed by atoms with E-state index in [0.717, 1.165) is 43.2 Å². The molecule has 1 aliphatic rings. The van der Waals surface area contributed by atoms with Gasteiger partial charge in [0.05, 0.1) is 7.11 Å². The van der Waals surface area contributed by atoms with Crippen LogP contribution in [0.25, 0.3) is 0 Å². The number of ether oxygens (including phenoxy) is 2. The van der Waals surface area contributed by atoms with E-state index in [1.54, 1.807) is 13.3 Å². The highest BCUT2D eigenvalue weighted by Crippen LogP contribution is 2.29. The number of methoxy groups -OCH3 is 1. The first-order chi connectivity index (χ1) is 11.7. The van der Waals surface area contributed by atoms with Gasteiger partial charge in [-0.3, -0.25) is 9.88 Å². The van der Waals surface area contributed by atoms with E-state index in [1.807, 2.05) is 24.4 Å². The average Bonchev–Trinajstić information content (AvgIpc) is 2.61. The Morgan fingerprint density at radius 1 is 1.24 bits per heavy atom. The van der Waals surface area contributed by atoms with E-state index in [9.17, 15) is 0 Å². The van der Waals surface area contributed by atoms with Gasteiger partial charge in [-0.2, -0.15) is 0 Å². The van der Waals surface area contributed by atoms with Crippen LogP contribution in [0.5, 0.6) is 11.5 Å². The number of aromatic nitrogens is 1. The van der Waals surface area contributed by atoms with Crippen molar-refractivity contribution in [1.29, 1.82) is 0 Å². The number of nitrogens with zero attached hydrogens (tertiary/aromatic N) is 2. The van der Waals surface area contributed by atoms with Crippen LogP contribution >= 0.6 is 12.4 Å². The first-order valence-electron chi connectivity index (χ1n) is 8.39. The van der Waals surface area contributed by atoms with Crippen molar-refractivity contribution >= 4 is 12.4 Å². The fourth-order valence-corrected chi connectivity index (χ4v) is 2.99. The lowest BCUT2D eigenvalue weighted by Gasteiger charge is -2.31. The highest BCUT2D eigenvalue weighted by Gasteiger charge is 2.16.